The largest absolute Gasteiger partial charge is 0.445 e. The Labute approximate surface area is 89.2 Å². The summed E-state index contributed by atoms with van der Waals surface area (Å²) < 4.78 is 9.75. The lowest BCUT2D eigenvalue weighted by Gasteiger charge is -2.06. The third-order valence-corrected chi connectivity index (χ3v) is 1.79. The van der Waals surface area contributed by atoms with Crippen molar-refractivity contribution < 1.29 is 14.3 Å². The molecule has 1 rings (SSSR count). The minimum Gasteiger partial charge on any atom is -0.445 e. The summed E-state index contributed by atoms with van der Waals surface area (Å²) in [6.45, 7) is 1.24. The molecular weight excluding hydrogens is 194 g/mol. The van der Waals surface area contributed by atoms with E-state index >= 15 is 0 Å². The fourth-order valence-corrected chi connectivity index (χ4v) is 1.03. The molecule has 0 heterocycles. The van der Waals surface area contributed by atoms with E-state index in [1.807, 2.05) is 30.3 Å². The van der Waals surface area contributed by atoms with Crippen LogP contribution < -0.4 is 5.32 Å². The van der Waals surface area contributed by atoms with Crippen LogP contribution in [-0.2, 0) is 16.1 Å². The molecule has 0 bridgehead atoms. The molecule has 0 atom stereocenters. The van der Waals surface area contributed by atoms with Crippen LogP contribution in [0.4, 0.5) is 4.79 Å². The van der Waals surface area contributed by atoms with Crippen molar-refractivity contribution in [2.45, 2.75) is 6.61 Å². The number of amides is 1. The van der Waals surface area contributed by atoms with Crippen LogP contribution in [0.5, 0.6) is 0 Å². The van der Waals surface area contributed by atoms with Crippen molar-refractivity contribution in [3.05, 3.63) is 35.9 Å². The van der Waals surface area contributed by atoms with Gasteiger partial charge in [0, 0.05) is 13.7 Å². The Morgan fingerprint density at radius 3 is 2.73 bits per heavy atom. The first-order chi connectivity index (χ1) is 7.33. The summed E-state index contributed by atoms with van der Waals surface area (Å²) >= 11 is 0. The third kappa shape index (κ3) is 5.02. The lowest BCUT2D eigenvalue weighted by Crippen LogP contribution is -2.27. The predicted octanol–water partition coefficient (Wildman–Crippen LogP) is 1.56. The van der Waals surface area contributed by atoms with Gasteiger partial charge in [-0.15, -0.1) is 0 Å². The molecule has 0 saturated carbocycles. The molecule has 0 aliphatic heterocycles. The first-order valence-corrected chi connectivity index (χ1v) is 4.76. The van der Waals surface area contributed by atoms with Gasteiger partial charge in [-0.3, -0.25) is 0 Å². The van der Waals surface area contributed by atoms with Gasteiger partial charge < -0.3 is 14.8 Å². The molecule has 1 N–H and O–H groups in total. The molecule has 4 nitrogen and oxygen atoms in total. The second-order valence-corrected chi connectivity index (χ2v) is 2.98. The average Bonchev–Trinajstić information content (AvgIpc) is 2.28. The summed E-state index contributed by atoms with van der Waals surface area (Å²) in [5, 5.41) is 2.57. The van der Waals surface area contributed by atoms with Gasteiger partial charge in [-0.2, -0.15) is 0 Å². The second kappa shape index (κ2) is 6.84. The summed E-state index contributed by atoms with van der Waals surface area (Å²) in [4.78, 5) is 11.1. The Morgan fingerprint density at radius 1 is 1.33 bits per heavy atom. The predicted molar refractivity (Wildman–Crippen MR) is 56.5 cm³/mol. The number of nitrogens with one attached hydrogen (secondary N) is 1. The van der Waals surface area contributed by atoms with E-state index in [1.54, 1.807) is 7.11 Å². The Kier molecular flexibility index (Phi) is 5.25. The van der Waals surface area contributed by atoms with E-state index < -0.39 is 6.09 Å². The minimum atomic E-state index is -0.420. The summed E-state index contributed by atoms with van der Waals surface area (Å²) in [5.41, 5.74) is 0.972. The molecule has 15 heavy (non-hydrogen) atoms. The highest BCUT2D eigenvalue weighted by Gasteiger charge is 2.00. The van der Waals surface area contributed by atoms with Crippen molar-refractivity contribution in [1.29, 1.82) is 0 Å². The van der Waals surface area contributed by atoms with Gasteiger partial charge in [-0.05, 0) is 5.56 Å². The number of ether oxygens (including phenoxy) is 2. The maximum atomic E-state index is 11.1. The summed E-state index contributed by atoms with van der Waals surface area (Å²) in [6, 6.07) is 9.54. The van der Waals surface area contributed by atoms with Crippen LogP contribution in [0.3, 0.4) is 0 Å². The molecule has 0 saturated heterocycles. The van der Waals surface area contributed by atoms with E-state index in [0.29, 0.717) is 19.8 Å². The highest BCUT2D eigenvalue weighted by atomic mass is 16.5. The molecule has 0 aliphatic carbocycles. The first-order valence-electron chi connectivity index (χ1n) is 4.76. The number of carbonyl (C=O) groups is 1. The number of methoxy groups -OCH3 is 1. The maximum Gasteiger partial charge on any atom is 0.407 e. The zero-order valence-corrected chi connectivity index (χ0v) is 8.73. The Bertz CT molecular complexity index is 287. The van der Waals surface area contributed by atoms with Crippen LogP contribution >= 0.6 is 0 Å². The lowest BCUT2D eigenvalue weighted by atomic mass is 10.2. The Balaban J connectivity index is 2.17. The van der Waals surface area contributed by atoms with Gasteiger partial charge in [-0.25, -0.2) is 4.79 Å². The quantitative estimate of drug-likeness (QED) is 0.748. The topological polar surface area (TPSA) is 47.6 Å². The van der Waals surface area contributed by atoms with Crippen molar-refractivity contribution >= 4 is 6.09 Å². The monoisotopic (exact) mass is 209 g/mol. The molecule has 4 heteroatoms. The Morgan fingerprint density at radius 2 is 2.07 bits per heavy atom. The fraction of sp³-hybridized carbons (Fsp3) is 0.364. The molecule has 0 spiro atoms. The average molecular weight is 209 g/mol. The fourth-order valence-electron chi connectivity index (χ4n) is 1.03. The highest BCUT2D eigenvalue weighted by molar-refractivity contribution is 5.67. The summed E-state index contributed by atoms with van der Waals surface area (Å²) in [5.74, 6) is 0. The van der Waals surface area contributed by atoms with Crippen molar-refractivity contribution in [3.63, 3.8) is 0 Å². The van der Waals surface area contributed by atoms with Gasteiger partial charge in [-0.1, -0.05) is 30.3 Å². The zero-order chi connectivity index (χ0) is 10.9. The molecule has 0 aliphatic rings. The molecule has 1 aromatic carbocycles. The third-order valence-electron chi connectivity index (χ3n) is 1.79. The minimum absolute atomic E-state index is 0.291. The number of benzene rings is 1. The van der Waals surface area contributed by atoms with Gasteiger partial charge >= 0.3 is 6.09 Å². The molecule has 0 aromatic heterocycles. The van der Waals surface area contributed by atoms with E-state index in [2.05, 4.69) is 5.32 Å². The molecule has 0 radical (unpaired) electrons. The lowest BCUT2D eigenvalue weighted by molar-refractivity contribution is 0.133. The first kappa shape index (κ1) is 11.5. The highest BCUT2D eigenvalue weighted by Crippen LogP contribution is 2.00. The molecular formula is C11H15NO3. The normalized spacial score (nSPS) is 9.67. The van der Waals surface area contributed by atoms with Crippen LogP contribution in [0.25, 0.3) is 0 Å². The van der Waals surface area contributed by atoms with E-state index in [0.717, 1.165) is 5.56 Å². The number of hydrogen-bond acceptors (Lipinski definition) is 3. The van der Waals surface area contributed by atoms with Crippen LogP contribution in [-0.4, -0.2) is 26.4 Å². The molecule has 1 amide bonds. The maximum absolute atomic E-state index is 11.1. The van der Waals surface area contributed by atoms with Crippen LogP contribution in [0.1, 0.15) is 5.56 Å². The number of carbonyl (C=O) groups excluding carboxylic acids is 1. The summed E-state index contributed by atoms with van der Waals surface area (Å²) in [6.07, 6.45) is -0.420. The van der Waals surface area contributed by atoms with Gasteiger partial charge in [0.1, 0.15) is 6.61 Å². The van der Waals surface area contributed by atoms with Crippen LogP contribution in [0, 0.1) is 0 Å². The van der Waals surface area contributed by atoms with Crippen LogP contribution in [0.2, 0.25) is 0 Å². The molecule has 0 unspecified atom stereocenters. The van der Waals surface area contributed by atoms with Crippen molar-refractivity contribution in [2.24, 2.45) is 0 Å². The van der Waals surface area contributed by atoms with Crippen molar-refractivity contribution in [1.82, 2.24) is 5.32 Å². The van der Waals surface area contributed by atoms with Crippen molar-refractivity contribution in [3.8, 4) is 0 Å². The van der Waals surface area contributed by atoms with Gasteiger partial charge in [0.05, 0.1) is 6.61 Å². The smallest absolute Gasteiger partial charge is 0.407 e. The molecule has 0 fully saturated rings. The SMILES string of the molecule is COCCNC(=O)OCc1ccccc1. The van der Waals surface area contributed by atoms with E-state index in [9.17, 15) is 4.79 Å². The number of rotatable bonds is 5. The number of hydrogen-bond donors (Lipinski definition) is 1. The van der Waals surface area contributed by atoms with Crippen molar-refractivity contribution in [2.75, 3.05) is 20.3 Å². The van der Waals surface area contributed by atoms with E-state index in [-0.39, 0.29) is 0 Å². The van der Waals surface area contributed by atoms with E-state index in [4.69, 9.17) is 9.47 Å². The van der Waals surface area contributed by atoms with E-state index in [1.165, 1.54) is 0 Å². The zero-order valence-electron chi connectivity index (χ0n) is 8.73. The van der Waals surface area contributed by atoms with Crippen LogP contribution in [0.15, 0.2) is 30.3 Å². The number of alkyl carbamates (subject to hydrolysis) is 1. The second-order valence-electron chi connectivity index (χ2n) is 2.98. The van der Waals surface area contributed by atoms with Gasteiger partial charge in [0.15, 0.2) is 0 Å². The van der Waals surface area contributed by atoms with Gasteiger partial charge in [0.25, 0.3) is 0 Å². The van der Waals surface area contributed by atoms with Gasteiger partial charge in [0.2, 0.25) is 0 Å². The standard InChI is InChI=1S/C11H15NO3/c1-14-8-7-12-11(13)15-9-10-5-3-2-4-6-10/h2-6H,7-9H2,1H3,(H,12,13). The Hall–Kier alpha value is -1.55. The molecule has 1 aromatic rings. The summed E-state index contributed by atoms with van der Waals surface area (Å²) in [7, 11) is 1.58. The molecule has 82 valence electrons.